The zero-order chi connectivity index (χ0) is 23.9. The minimum atomic E-state index is 0. The van der Waals surface area contributed by atoms with Crippen LogP contribution in [-0.2, 0) is 28.2 Å². The lowest BCUT2D eigenvalue weighted by molar-refractivity contribution is -0.657. The van der Waals surface area contributed by atoms with Crippen LogP contribution in [0.5, 0.6) is 0 Å². The van der Waals surface area contributed by atoms with Gasteiger partial charge in [-0.25, -0.2) is 18.3 Å². The van der Waals surface area contributed by atoms with E-state index in [0.717, 1.165) is 47.7 Å². The number of hydrogen-bond donors (Lipinski definition) is 2. The molecule has 2 heterocycles. The lowest BCUT2D eigenvalue weighted by atomic mass is 10.3. The summed E-state index contributed by atoms with van der Waals surface area (Å²) in [5.74, 6) is 1.57. The molecule has 0 fully saturated rings. The van der Waals surface area contributed by atoms with Gasteiger partial charge in [0.1, 0.15) is 11.4 Å². The molecule has 0 amide bonds. The summed E-state index contributed by atoms with van der Waals surface area (Å²) in [7, 11) is 7.78. The van der Waals surface area contributed by atoms with Crippen molar-refractivity contribution in [2.45, 2.75) is 0 Å². The summed E-state index contributed by atoms with van der Waals surface area (Å²) in [5, 5.41) is 24.1. The van der Waals surface area contributed by atoms with Crippen molar-refractivity contribution in [1.29, 1.82) is 0 Å². The van der Waals surface area contributed by atoms with Gasteiger partial charge in [0.15, 0.2) is 0 Å². The number of hydrogen-bond acceptors (Lipinski definition) is 6. The van der Waals surface area contributed by atoms with Crippen molar-refractivity contribution >= 4 is 34.6 Å². The summed E-state index contributed by atoms with van der Waals surface area (Å²) in [5.41, 5.74) is 3.69. The van der Waals surface area contributed by atoms with E-state index in [0.29, 0.717) is 0 Å². The highest BCUT2D eigenvalue weighted by Crippen LogP contribution is 2.20. The number of nitrogens with one attached hydrogen (secondary N) is 2. The molecule has 10 nitrogen and oxygen atoms in total. The van der Waals surface area contributed by atoms with Gasteiger partial charge < -0.3 is 35.4 Å². The second-order valence-corrected chi connectivity index (χ2v) is 7.99. The third-order valence-electron chi connectivity index (χ3n) is 5.32. The third kappa shape index (κ3) is 7.37. The van der Waals surface area contributed by atoms with E-state index in [9.17, 15) is 0 Å². The molecular formula is C24H30Cl2N10. The van der Waals surface area contributed by atoms with E-state index in [2.05, 4.69) is 31.1 Å². The predicted molar refractivity (Wildman–Crippen MR) is 131 cm³/mol. The largest absolute Gasteiger partial charge is 1.00 e. The molecule has 0 bridgehead atoms. The highest BCUT2D eigenvalue weighted by Gasteiger charge is 2.11. The van der Waals surface area contributed by atoms with Crippen LogP contribution in [0.2, 0.25) is 0 Å². The molecule has 0 saturated heterocycles. The van der Waals surface area contributed by atoms with Crippen LogP contribution in [0.25, 0.3) is 0 Å². The van der Waals surface area contributed by atoms with Gasteiger partial charge in [0.2, 0.25) is 0 Å². The first kappa shape index (κ1) is 28.5. The average molecular weight is 529 g/mol. The van der Waals surface area contributed by atoms with E-state index >= 15 is 0 Å². The van der Waals surface area contributed by atoms with Crippen molar-refractivity contribution in [3.63, 3.8) is 0 Å². The minimum Gasteiger partial charge on any atom is -1.00 e. The van der Waals surface area contributed by atoms with Crippen molar-refractivity contribution in [3.05, 3.63) is 73.3 Å². The third-order valence-corrected chi connectivity index (χ3v) is 5.32. The van der Waals surface area contributed by atoms with E-state index in [1.54, 1.807) is 0 Å². The Morgan fingerprint density at radius 2 is 0.972 bits per heavy atom. The first-order chi connectivity index (χ1) is 16.5. The summed E-state index contributed by atoms with van der Waals surface area (Å²) < 4.78 is 7.70. The maximum atomic E-state index is 4.32. The van der Waals surface area contributed by atoms with E-state index in [4.69, 9.17) is 0 Å². The van der Waals surface area contributed by atoms with Crippen LogP contribution in [0.1, 0.15) is 0 Å². The Kier molecular flexibility index (Phi) is 10.6. The summed E-state index contributed by atoms with van der Waals surface area (Å²) in [4.78, 5) is 0. The van der Waals surface area contributed by atoms with Crippen molar-refractivity contribution in [1.82, 2.24) is 9.13 Å². The van der Waals surface area contributed by atoms with Crippen molar-refractivity contribution < 1.29 is 33.9 Å². The van der Waals surface area contributed by atoms with Crippen molar-refractivity contribution in [3.8, 4) is 0 Å². The van der Waals surface area contributed by atoms with Crippen LogP contribution in [0.4, 0.5) is 34.6 Å². The summed E-state index contributed by atoms with van der Waals surface area (Å²) >= 11 is 0. The molecule has 190 valence electrons. The number of aryl methyl sites for hydroxylation is 4. The molecule has 0 aliphatic carbocycles. The Morgan fingerprint density at radius 3 is 1.28 bits per heavy atom. The number of benzene rings is 2. The number of anilines is 2. The van der Waals surface area contributed by atoms with Crippen LogP contribution < -0.4 is 44.6 Å². The number of rotatable bonds is 9. The highest BCUT2D eigenvalue weighted by atomic mass is 35.5. The zero-order valence-electron chi connectivity index (χ0n) is 20.7. The fourth-order valence-corrected chi connectivity index (χ4v) is 3.36. The van der Waals surface area contributed by atoms with Gasteiger partial charge in [-0.3, -0.25) is 0 Å². The lowest BCUT2D eigenvalue weighted by Crippen LogP contribution is -3.00. The van der Waals surface area contributed by atoms with Gasteiger partial charge in [-0.05, 0) is 48.5 Å². The summed E-state index contributed by atoms with van der Waals surface area (Å²) in [6.45, 7) is 1.57. The molecule has 2 aromatic carbocycles. The van der Waals surface area contributed by atoms with Gasteiger partial charge in [0, 0.05) is 34.7 Å². The summed E-state index contributed by atoms with van der Waals surface area (Å²) in [6, 6.07) is 15.8. The molecule has 0 aliphatic heterocycles. The van der Waals surface area contributed by atoms with E-state index in [1.165, 1.54) is 0 Å². The molecular weight excluding hydrogens is 499 g/mol. The topological polar surface area (TPSA) is 91.1 Å². The van der Waals surface area contributed by atoms with Crippen LogP contribution in [0, 0.1) is 0 Å². The second-order valence-electron chi connectivity index (χ2n) is 7.99. The maximum absolute atomic E-state index is 4.32. The Hall–Kier alpha value is -3.76. The SMILES string of the molecule is Cn1cc[n+](C)c1N=Nc1ccc(NCCNc2ccc(N=Nc3n(C)cc[n+]3C)cc2)cc1.[Cl-].[Cl-]. The fraction of sp³-hybridized carbons (Fsp3) is 0.250. The normalized spacial score (nSPS) is 10.9. The lowest BCUT2D eigenvalue weighted by Gasteiger charge is -2.09. The molecule has 0 spiro atoms. The summed E-state index contributed by atoms with van der Waals surface area (Å²) in [6.07, 6.45) is 7.78. The Bertz CT molecular complexity index is 1150. The molecule has 4 aromatic rings. The van der Waals surface area contributed by atoms with Gasteiger partial charge in [0.05, 0.1) is 53.0 Å². The Labute approximate surface area is 223 Å². The molecule has 2 N–H and O–H groups in total. The number of aromatic nitrogens is 4. The van der Waals surface area contributed by atoms with Gasteiger partial charge >= 0.3 is 11.9 Å². The van der Waals surface area contributed by atoms with Crippen LogP contribution in [-0.4, -0.2) is 22.2 Å². The quantitative estimate of drug-likeness (QED) is 0.155. The van der Waals surface area contributed by atoms with Gasteiger partial charge in [-0.15, -0.1) is 0 Å². The van der Waals surface area contributed by atoms with E-state index in [1.807, 2.05) is 120 Å². The number of nitrogens with zero attached hydrogens (tertiary/aromatic N) is 8. The van der Waals surface area contributed by atoms with Gasteiger partial charge in [-0.1, -0.05) is 10.2 Å². The molecule has 12 heteroatoms. The zero-order valence-corrected chi connectivity index (χ0v) is 22.2. The van der Waals surface area contributed by atoms with Gasteiger partial charge in [0.25, 0.3) is 0 Å². The van der Waals surface area contributed by atoms with Crippen LogP contribution in [0.15, 0.2) is 93.8 Å². The molecule has 0 atom stereocenters. The van der Waals surface area contributed by atoms with Crippen LogP contribution >= 0.6 is 0 Å². The monoisotopic (exact) mass is 528 g/mol. The minimum absolute atomic E-state index is 0. The molecule has 0 saturated carbocycles. The smallest absolute Gasteiger partial charge is 0.421 e. The van der Waals surface area contributed by atoms with E-state index < -0.39 is 0 Å². The Balaban J connectivity index is 0.00000228. The number of imidazole rings is 2. The second kappa shape index (κ2) is 13.4. The maximum Gasteiger partial charge on any atom is 0.421 e. The molecule has 36 heavy (non-hydrogen) atoms. The first-order valence-electron chi connectivity index (χ1n) is 11.0. The predicted octanol–water partition coefficient (Wildman–Crippen LogP) is -1.62. The number of halogens is 2. The molecule has 0 aliphatic rings. The van der Waals surface area contributed by atoms with Crippen molar-refractivity contribution in [2.24, 2.45) is 48.6 Å². The fourth-order valence-electron chi connectivity index (χ4n) is 3.36. The molecule has 0 unspecified atom stereocenters. The average Bonchev–Trinajstić information content (AvgIpc) is 3.35. The molecule has 2 aromatic heterocycles. The molecule has 0 radical (unpaired) electrons. The Morgan fingerprint density at radius 1 is 0.611 bits per heavy atom. The van der Waals surface area contributed by atoms with E-state index in [-0.39, 0.29) is 24.8 Å². The molecule has 4 rings (SSSR count). The standard InChI is InChI=1S/C24H28N10.2ClH/c1-31-15-16-32(2)23(31)29-27-21-9-5-19(6-10-21)25-13-14-26-20-7-11-22(12-8-20)28-30-24-33(3)17-18-34(24)4;;/h5-12,15-18H,13-14H2,1-4H3;2*1H. The highest BCUT2D eigenvalue weighted by molar-refractivity contribution is 5.52. The number of azo groups is 2. The first-order valence-corrected chi connectivity index (χ1v) is 11.0. The van der Waals surface area contributed by atoms with Crippen molar-refractivity contribution in [2.75, 3.05) is 23.7 Å². The van der Waals surface area contributed by atoms with Gasteiger partial charge in [-0.2, -0.15) is 0 Å². The van der Waals surface area contributed by atoms with Crippen LogP contribution in [0.3, 0.4) is 0 Å².